The third kappa shape index (κ3) is 4.71. The lowest BCUT2D eigenvalue weighted by Gasteiger charge is -2.24. The Morgan fingerprint density at radius 1 is 1.18 bits per heavy atom. The van der Waals surface area contributed by atoms with E-state index in [4.69, 9.17) is 10.8 Å². The number of carbonyl (C=O) groups is 3. The summed E-state index contributed by atoms with van der Waals surface area (Å²) in [5.41, 5.74) is 2.87. The van der Waals surface area contributed by atoms with Crippen LogP contribution in [-0.2, 0) is 9.59 Å². The quantitative estimate of drug-likeness (QED) is 0.529. The second-order valence-electron chi connectivity index (χ2n) is 4.99. The van der Waals surface area contributed by atoms with Gasteiger partial charge < -0.3 is 21.5 Å². The summed E-state index contributed by atoms with van der Waals surface area (Å²) in [5.74, 6) is -1.70. The van der Waals surface area contributed by atoms with Gasteiger partial charge >= 0.3 is 12.0 Å². The molecule has 98 valence electrons. The number of nitrogens with two attached hydrogens (primary N) is 1. The SMILES string of the molecule is CC(C)(CNC(=O)NC(C)(C)C(=O)O)C(N)=O. The zero-order chi connectivity index (χ0) is 13.9. The minimum absolute atomic E-state index is 0.0316. The summed E-state index contributed by atoms with van der Waals surface area (Å²) in [6, 6.07) is -0.660. The van der Waals surface area contributed by atoms with Crippen molar-refractivity contribution in [1.29, 1.82) is 0 Å². The number of nitrogens with one attached hydrogen (secondary N) is 2. The topological polar surface area (TPSA) is 122 Å². The van der Waals surface area contributed by atoms with Crippen molar-refractivity contribution in [2.75, 3.05) is 6.54 Å². The number of carboxylic acid groups (broad SMARTS) is 1. The molecule has 0 aliphatic carbocycles. The molecular weight excluding hydrogens is 226 g/mol. The van der Waals surface area contributed by atoms with Crippen LogP contribution < -0.4 is 16.4 Å². The number of amides is 3. The van der Waals surface area contributed by atoms with E-state index in [2.05, 4.69) is 10.6 Å². The van der Waals surface area contributed by atoms with Crippen molar-refractivity contribution in [2.45, 2.75) is 33.2 Å². The Balaban J connectivity index is 4.31. The Morgan fingerprint density at radius 2 is 1.65 bits per heavy atom. The molecule has 0 rings (SSSR count). The van der Waals surface area contributed by atoms with Crippen molar-refractivity contribution < 1.29 is 19.5 Å². The summed E-state index contributed by atoms with van der Waals surface area (Å²) < 4.78 is 0. The molecule has 0 aromatic carbocycles. The van der Waals surface area contributed by atoms with E-state index in [0.717, 1.165) is 0 Å². The van der Waals surface area contributed by atoms with Crippen LogP contribution in [0.5, 0.6) is 0 Å². The van der Waals surface area contributed by atoms with Crippen molar-refractivity contribution in [1.82, 2.24) is 10.6 Å². The van der Waals surface area contributed by atoms with Gasteiger partial charge in [0.05, 0.1) is 5.41 Å². The monoisotopic (exact) mass is 245 g/mol. The van der Waals surface area contributed by atoms with E-state index in [1.165, 1.54) is 13.8 Å². The Hall–Kier alpha value is -1.79. The number of hydrogen-bond acceptors (Lipinski definition) is 3. The van der Waals surface area contributed by atoms with Crippen LogP contribution in [0.1, 0.15) is 27.7 Å². The molecule has 0 unspecified atom stereocenters. The summed E-state index contributed by atoms with van der Waals surface area (Å²) in [6.07, 6.45) is 0. The van der Waals surface area contributed by atoms with Gasteiger partial charge in [0.2, 0.25) is 5.91 Å². The van der Waals surface area contributed by atoms with Gasteiger partial charge in [0, 0.05) is 6.54 Å². The zero-order valence-electron chi connectivity index (χ0n) is 10.5. The maximum atomic E-state index is 11.4. The highest BCUT2D eigenvalue weighted by Gasteiger charge is 2.30. The van der Waals surface area contributed by atoms with Crippen LogP contribution in [0, 0.1) is 5.41 Å². The van der Waals surface area contributed by atoms with Crippen molar-refractivity contribution in [3.63, 3.8) is 0 Å². The number of rotatable bonds is 5. The smallest absolute Gasteiger partial charge is 0.328 e. The first-order valence-electron chi connectivity index (χ1n) is 5.08. The number of carbonyl (C=O) groups excluding carboxylic acids is 2. The first kappa shape index (κ1) is 15.2. The molecule has 0 saturated carbocycles. The summed E-state index contributed by atoms with van der Waals surface area (Å²) >= 11 is 0. The number of urea groups is 1. The molecule has 5 N–H and O–H groups in total. The van der Waals surface area contributed by atoms with Gasteiger partial charge in [-0.1, -0.05) is 0 Å². The third-order valence-electron chi connectivity index (χ3n) is 2.32. The second kappa shape index (κ2) is 5.03. The Labute approximate surface area is 99.7 Å². The molecule has 0 aromatic rings. The standard InChI is InChI=1S/C10H19N3O4/c1-9(2,6(11)14)5-12-8(17)13-10(3,4)7(15)16/h5H2,1-4H3,(H2,11,14)(H,15,16)(H2,12,13,17). The molecule has 0 atom stereocenters. The highest BCUT2D eigenvalue weighted by atomic mass is 16.4. The fraction of sp³-hybridized carbons (Fsp3) is 0.700. The molecule has 0 spiro atoms. The maximum Gasteiger partial charge on any atom is 0.328 e. The van der Waals surface area contributed by atoms with Crippen molar-refractivity contribution in [2.24, 2.45) is 11.1 Å². The van der Waals surface area contributed by atoms with Gasteiger partial charge in [-0.3, -0.25) is 4.79 Å². The van der Waals surface area contributed by atoms with E-state index in [1.807, 2.05) is 0 Å². The van der Waals surface area contributed by atoms with E-state index in [1.54, 1.807) is 13.8 Å². The Kier molecular flexibility index (Phi) is 4.50. The summed E-state index contributed by atoms with van der Waals surface area (Å²) in [7, 11) is 0. The number of carboxylic acids is 1. The lowest BCUT2D eigenvalue weighted by atomic mass is 9.93. The summed E-state index contributed by atoms with van der Waals surface area (Å²) in [4.78, 5) is 33.1. The van der Waals surface area contributed by atoms with Crippen molar-refractivity contribution in [3.8, 4) is 0 Å². The number of aliphatic carboxylic acids is 1. The molecule has 7 heteroatoms. The fourth-order valence-electron chi connectivity index (χ4n) is 0.770. The molecule has 0 aromatic heterocycles. The zero-order valence-corrected chi connectivity index (χ0v) is 10.5. The van der Waals surface area contributed by atoms with Crippen molar-refractivity contribution in [3.05, 3.63) is 0 Å². The molecule has 7 nitrogen and oxygen atoms in total. The first-order chi connectivity index (χ1) is 7.49. The fourth-order valence-corrected chi connectivity index (χ4v) is 0.770. The van der Waals surface area contributed by atoms with Gasteiger partial charge in [-0.05, 0) is 27.7 Å². The van der Waals surface area contributed by atoms with Gasteiger partial charge in [-0.25, -0.2) is 9.59 Å². The lowest BCUT2D eigenvalue weighted by molar-refractivity contribution is -0.143. The average Bonchev–Trinajstić information content (AvgIpc) is 2.13. The molecule has 0 aliphatic rings. The molecule has 17 heavy (non-hydrogen) atoms. The normalized spacial score (nSPS) is 11.8. The molecule has 0 fully saturated rings. The van der Waals surface area contributed by atoms with E-state index in [0.29, 0.717) is 0 Å². The van der Waals surface area contributed by atoms with Gasteiger partial charge in [0.15, 0.2) is 0 Å². The van der Waals surface area contributed by atoms with E-state index < -0.39 is 28.9 Å². The number of primary amides is 1. The van der Waals surface area contributed by atoms with E-state index in [-0.39, 0.29) is 6.54 Å². The van der Waals surface area contributed by atoms with Crippen LogP contribution >= 0.6 is 0 Å². The van der Waals surface area contributed by atoms with Gasteiger partial charge in [0.25, 0.3) is 0 Å². The first-order valence-corrected chi connectivity index (χ1v) is 5.08. The van der Waals surface area contributed by atoms with Gasteiger partial charge in [-0.2, -0.15) is 0 Å². The highest BCUT2D eigenvalue weighted by Crippen LogP contribution is 2.11. The lowest BCUT2D eigenvalue weighted by Crippen LogP contribution is -2.55. The van der Waals surface area contributed by atoms with Crippen LogP contribution in [0.25, 0.3) is 0 Å². The molecule has 0 bridgehead atoms. The number of hydrogen-bond donors (Lipinski definition) is 4. The average molecular weight is 245 g/mol. The second-order valence-corrected chi connectivity index (χ2v) is 4.99. The van der Waals surface area contributed by atoms with Crippen LogP contribution in [0.3, 0.4) is 0 Å². The van der Waals surface area contributed by atoms with Gasteiger partial charge in [-0.15, -0.1) is 0 Å². The van der Waals surface area contributed by atoms with Crippen LogP contribution in [0.2, 0.25) is 0 Å². The molecule has 0 aliphatic heterocycles. The van der Waals surface area contributed by atoms with E-state index in [9.17, 15) is 14.4 Å². The minimum Gasteiger partial charge on any atom is -0.480 e. The summed E-state index contributed by atoms with van der Waals surface area (Å²) in [5, 5.41) is 13.5. The molecule has 0 heterocycles. The largest absolute Gasteiger partial charge is 0.480 e. The molecular formula is C10H19N3O4. The third-order valence-corrected chi connectivity index (χ3v) is 2.32. The Bertz CT molecular complexity index is 336. The predicted molar refractivity (Wildman–Crippen MR) is 61.2 cm³/mol. The molecule has 3 amide bonds. The van der Waals surface area contributed by atoms with Crippen LogP contribution in [0.15, 0.2) is 0 Å². The van der Waals surface area contributed by atoms with E-state index >= 15 is 0 Å². The Morgan fingerprint density at radius 3 is 2.00 bits per heavy atom. The van der Waals surface area contributed by atoms with Gasteiger partial charge in [0.1, 0.15) is 5.54 Å². The van der Waals surface area contributed by atoms with Crippen LogP contribution in [0.4, 0.5) is 4.79 Å². The molecule has 0 saturated heterocycles. The van der Waals surface area contributed by atoms with Crippen molar-refractivity contribution >= 4 is 17.9 Å². The highest BCUT2D eigenvalue weighted by molar-refractivity contribution is 5.86. The maximum absolute atomic E-state index is 11.4. The van der Waals surface area contributed by atoms with Crippen LogP contribution in [-0.4, -0.2) is 35.1 Å². The predicted octanol–water partition coefficient (Wildman–Crippen LogP) is -0.340. The minimum atomic E-state index is -1.37. The molecule has 0 radical (unpaired) electrons. The summed E-state index contributed by atoms with van der Waals surface area (Å²) in [6.45, 7) is 5.90.